The van der Waals surface area contributed by atoms with Crippen LogP contribution in [0.5, 0.6) is 0 Å². The highest BCUT2D eigenvalue weighted by atomic mass is 32.2. The summed E-state index contributed by atoms with van der Waals surface area (Å²) in [5.74, 6) is -0.685. The molecule has 2 aromatic rings. The average molecular weight is 344 g/mol. The predicted octanol–water partition coefficient (Wildman–Crippen LogP) is 1.48. The maximum Gasteiger partial charge on any atom is 0.342 e. The zero-order valence-electron chi connectivity index (χ0n) is 13.4. The molecule has 2 rings (SSSR count). The molecule has 0 atom stereocenters. The van der Waals surface area contributed by atoms with E-state index in [0.29, 0.717) is 5.56 Å². The van der Waals surface area contributed by atoms with Gasteiger partial charge in [0.05, 0.1) is 0 Å². The van der Waals surface area contributed by atoms with Crippen LogP contribution in [0.3, 0.4) is 0 Å². The Labute approximate surface area is 141 Å². The van der Waals surface area contributed by atoms with Crippen LogP contribution in [-0.2, 0) is 10.2 Å². The third-order valence-corrected chi connectivity index (χ3v) is 3.74. The fourth-order valence-corrected chi connectivity index (χ4v) is 2.69. The van der Waals surface area contributed by atoms with Gasteiger partial charge in [-0.05, 0) is 19.4 Å². The Morgan fingerprint density at radius 2 is 1.46 bits per heavy atom. The number of nitrogens with zero attached hydrogens (tertiary/aromatic N) is 2. The van der Waals surface area contributed by atoms with E-state index in [2.05, 4.69) is 14.1 Å². The maximum absolute atomic E-state index is 12.2. The Morgan fingerprint density at radius 3 is 1.96 bits per heavy atom. The van der Waals surface area contributed by atoms with Crippen molar-refractivity contribution in [3.8, 4) is 0 Å². The Bertz CT molecular complexity index is 830. The summed E-state index contributed by atoms with van der Waals surface area (Å²) in [7, 11) is -4.23. The molecule has 0 heterocycles. The Hall–Kier alpha value is -2.67. The summed E-state index contributed by atoms with van der Waals surface area (Å²) in [5, 5.41) is 12.0. The predicted molar refractivity (Wildman–Crippen MR) is 93.1 cm³/mol. The van der Waals surface area contributed by atoms with Gasteiger partial charge in [0, 0.05) is 17.5 Å². The van der Waals surface area contributed by atoms with Gasteiger partial charge in [0.2, 0.25) is 0 Å². The molecule has 0 aromatic heterocycles. The second-order valence-corrected chi connectivity index (χ2v) is 6.61. The number of nitrogens with one attached hydrogen (secondary N) is 1. The van der Waals surface area contributed by atoms with Crippen LogP contribution >= 0.6 is 0 Å². The monoisotopic (exact) mass is 344 g/mol. The lowest BCUT2D eigenvalue weighted by Gasteiger charge is -2.13. The Kier molecular flexibility index (Phi) is 5.70. The van der Waals surface area contributed by atoms with Crippen molar-refractivity contribution in [3.63, 3.8) is 0 Å². The highest BCUT2D eigenvalue weighted by Gasteiger charge is 2.13. The van der Waals surface area contributed by atoms with E-state index >= 15 is 0 Å². The number of benzene rings is 2. The number of hydrogen-bond donors (Lipinski definition) is 1. The summed E-state index contributed by atoms with van der Waals surface area (Å²) in [6.07, 6.45) is 0. The van der Waals surface area contributed by atoms with Crippen molar-refractivity contribution in [2.75, 3.05) is 0 Å². The summed E-state index contributed by atoms with van der Waals surface area (Å²) >= 11 is 0. The van der Waals surface area contributed by atoms with E-state index in [-0.39, 0.29) is 17.4 Å². The van der Waals surface area contributed by atoms with E-state index in [1.54, 1.807) is 42.5 Å². The molecule has 6 nitrogen and oxygen atoms in total. The minimum Gasteiger partial charge on any atom is -0.858 e. The molecule has 0 saturated carbocycles. The molecule has 0 aliphatic heterocycles. The summed E-state index contributed by atoms with van der Waals surface area (Å²) < 4.78 is 30.0. The van der Waals surface area contributed by atoms with Gasteiger partial charge in [-0.1, -0.05) is 60.7 Å². The number of aliphatic imine (C=N–C) groups is 1. The smallest absolute Gasteiger partial charge is 0.342 e. The molecule has 0 aliphatic carbocycles. The molecule has 0 spiro atoms. The third kappa shape index (κ3) is 5.20. The molecule has 126 valence electrons. The molecule has 0 aliphatic rings. The van der Waals surface area contributed by atoms with Gasteiger partial charge in [-0.2, -0.15) is 12.8 Å². The van der Waals surface area contributed by atoms with Crippen molar-refractivity contribution < 1.29 is 13.5 Å². The lowest BCUT2D eigenvalue weighted by Crippen LogP contribution is -2.33. The van der Waals surface area contributed by atoms with Crippen LogP contribution in [0.2, 0.25) is 0 Å². The number of rotatable bonds is 5. The Balaban J connectivity index is 2.31. The number of amidine groups is 1. The number of hydrogen-bond acceptors (Lipinski definition) is 4. The molecular weight excluding hydrogens is 326 g/mol. The zero-order chi connectivity index (χ0) is 17.6. The highest BCUT2D eigenvalue weighted by Crippen LogP contribution is 2.05. The van der Waals surface area contributed by atoms with Crippen LogP contribution in [0.25, 0.3) is 0 Å². The van der Waals surface area contributed by atoms with Gasteiger partial charge in [-0.3, -0.25) is 4.99 Å². The second kappa shape index (κ2) is 7.74. The van der Waals surface area contributed by atoms with Crippen molar-refractivity contribution in [3.05, 3.63) is 71.8 Å². The molecule has 7 heteroatoms. The first-order valence-corrected chi connectivity index (χ1v) is 8.80. The molecule has 0 amide bonds. The van der Waals surface area contributed by atoms with Gasteiger partial charge in [-0.25, -0.2) is 4.72 Å². The quantitative estimate of drug-likeness (QED) is 0.657. The fraction of sp³-hybridized carbons (Fsp3) is 0.176. The average Bonchev–Trinajstić information content (AvgIpc) is 2.55. The summed E-state index contributed by atoms with van der Waals surface area (Å²) in [6, 6.07) is 16.7. The summed E-state index contributed by atoms with van der Waals surface area (Å²) in [6.45, 7) is 3.65. The summed E-state index contributed by atoms with van der Waals surface area (Å²) in [5.41, 5.74) is 0.794. The van der Waals surface area contributed by atoms with Crippen molar-refractivity contribution in [2.45, 2.75) is 19.9 Å². The van der Waals surface area contributed by atoms with Crippen LogP contribution in [0.1, 0.15) is 25.0 Å². The molecule has 0 radical (unpaired) electrons. The van der Waals surface area contributed by atoms with E-state index in [1.165, 1.54) is 12.1 Å². The molecule has 0 bridgehead atoms. The largest absolute Gasteiger partial charge is 0.858 e. The van der Waals surface area contributed by atoms with Crippen LogP contribution in [0, 0.1) is 0 Å². The van der Waals surface area contributed by atoms with E-state index in [1.807, 2.05) is 19.9 Å². The molecule has 2 aromatic carbocycles. The van der Waals surface area contributed by atoms with Gasteiger partial charge < -0.3 is 5.11 Å². The van der Waals surface area contributed by atoms with Crippen LogP contribution in [0.15, 0.2) is 70.1 Å². The van der Waals surface area contributed by atoms with Crippen LogP contribution in [0.4, 0.5) is 0 Å². The first-order valence-electron chi connectivity index (χ1n) is 7.36. The SMILES string of the molecule is CC(C)N=C(NS(=O)(=O)N=C([O-])c1ccccc1)c1ccccc1. The molecule has 0 saturated heterocycles. The van der Waals surface area contributed by atoms with E-state index in [9.17, 15) is 13.5 Å². The maximum atomic E-state index is 12.2. The van der Waals surface area contributed by atoms with Crippen LogP contribution < -0.4 is 9.83 Å². The first-order chi connectivity index (χ1) is 11.4. The third-order valence-electron chi connectivity index (χ3n) is 2.88. The highest BCUT2D eigenvalue weighted by molar-refractivity contribution is 7.88. The second-order valence-electron chi connectivity index (χ2n) is 5.28. The molecule has 24 heavy (non-hydrogen) atoms. The van der Waals surface area contributed by atoms with Crippen molar-refractivity contribution >= 4 is 21.9 Å². The van der Waals surface area contributed by atoms with Gasteiger partial charge >= 0.3 is 10.2 Å². The standard InChI is InChI=1S/C17H19N3O3S/c1-13(2)18-16(14-9-5-3-6-10-14)19-24(22,23)20-17(21)15-11-7-4-8-12-15/h3-13H,1-2H3,(H,18,19)(H,20,21)/p-1. The molecular formula is C17H18N3O3S-. The summed E-state index contributed by atoms with van der Waals surface area (Å²) in [4.78, 5) is 4.27. The van der Waals surface area contributed by atoms with Crippen molar-refractivity contribution in [2.24, 2.45) is 9.39 Å². The zero-order valence-corrected chi connectivity index (χ0v) is 14.2. The first kappa shape index (κ1) is 17.7. The van der Waals surface area contributed by atoms with E-state index < -0.39 is 16.1 Å². The Morgan fingerprint density at radius 1 is 0.958 bits per heavy atom. The lowest BCUT2D eigenvalue weighted by molar-refractivity contribution is -0.212. The fourth-order valence-electron chi connectivity index (χ4n) is 1.90. The molecule has 1 N–H and O–H groups in total. The normalized spacial score (nSPS) is 13.1. The minimum absolute atomic E-state index is 0.132. The van der Waals surface area contributed by atoms with Crippen molar-refractivity contribution in [1.29, 1.82) is 0 Å². The molecule has 0 unspecified atom stereocenters. The van der Waals surface area contributed by atoms with Crippen LogP contribution in [-0.4, -0.2) is 26.2 Å². The topological polar surface area (TPSA) is 94.0 Å². The van der Waals surface area contributed by atoms with Gasteiger partial charge in [0.15, 0.2) is 0 Å². The van der Waals surface area contributed by atoms with Gasteiger partial charge in [-0.15, -0.1) is 0 Å². The van der Waals surface area contributed by atoms with Crippen molar-refractivity contribution in [1.82, 2.24) is 4.72 Å². The van der Waals surface area contributed by atoms with Gasteiger partial charge in [0.1, 0.15) is 5.84 Å². The minimum atomic E-state index is -4.23. The van der Waals surface area contributed by atoms with Gasteiger partial charge in [0.25, 0.3) is 0 Å². The van der Waals surface area contributed by atoms with E-state index in [0.717, 1.165) is 0 Å². The van der Waals surface area contributed by atoms with E-state index in [4.69, 9.17) is 0 Å². The lowest BCUT2D eigenvalue weighted by atomic mass is 10.2. The molecule has 0 fully saturated rings.